The van der Waals surface area contributed by atoms with Crippen LogP contribution in [-0.4, -0.2) is 16.1 Å². The Kier molecular flexibility index (Phi) is 2.42. The average Bonchev–Trinajstić information content (AvgIpc) is 2.85. The predicted molar refractivity (Wildman–Crippen MR) is 70.3 cm³/mol. The Labute approximate surface area is 106 Å². The third-order valence-electron chi connectivity index (χ3n) is 3.71. The van der Waals surface area contributed by atoms with Crippen LogP contribution < -0.4 is 5.32 Å². The molecule has 2 heterocycles. The molecular weight excluding hydrogens is 234 g/mol. The van der Waals surface area contributed by atoms with Gasteiger partial charge in [-0.1, -0.05) is 11.6 Å². The van der Waals surface area contributed by atoms with Gasteiger partial charge in [-0.3, -0.25) is 0 Å². The molecule has 0 aliphatic carbocycles. The minimum atomic E-state index is 0.000244. The van der Waals surface area contributed by atoms with Crippen molar-refractivity contribution in [1.82, 2.24) is 14.9 Å². The topological polar surface area (TPSA) is 29.9 Å². The van der Waals surface area contributed by atoms with Gasteiger partial charge < -0.3 is 9.88 Å². The Morgan fingerprint density at radius 2 is 2.29 bits per heavy atom. The lowest BCUT2D eigenvalue weighted by molar-refractivity contribution is 0.397. The summed E-state index contributed by atoms with van der Waals surface area (Å²) in [6.07, 6.45) is 2.35. The van der Waals surface area contributed by atoms with E-state index in [0.29, 0.717) is 0 Å². The number of hydrogen-bond donors (Lipinski definition) is 1. The minimum absolute atomic E-state index is 0.000244. The Morgan fingerprint density at radius 3 is 3.00 bits per heavy atom. The lowest BCUT2D eigenvalue weighted by atomic mass is 9.99. The minimum Gasteiger partial charge on any atom is -0.330 e. The zero-order chi connectivity index (χ0) is 12.0. The van der Waals surface area contributed by atoms with E-state index in [1.54, 1.807) is 0 Å². The molecule has 1 aromatic heterocycles. The van der Waals surface area contributed by atoms with Gasteiger partial charge in [0, 0.05) is 12.1 Å². The van der Waals surface area contributed by atoms with Crippen molar-refractivity contribution in [1.29, 1.82) is 0 Å². The monoisotopic (exact) mass is 249 g/mol. The van der Waals surface area contributed by atoms with Crippen LogP contribution in [0.15, 0.2) is 18.2 Å². The van der Waals surface area contributed by atoms with Crippen molar-refractivity contribution in [3.05, 3.63) is 29.0 Å². The highest BCUT2D eigenvalue weighted by Crippen LogP contribution is 2.31. The van der Waals surface area contributed by atoms with Crippen molar-refractivity contribution < 1.29 is 0 Å². The molecule has 1 fully saturated rings. The highest BCUT2D eigenvalue weighted by molar-refractivity contribution is 6.31. The van der Waals surface area contributed by atoms with Crippen molar-refractivity contribution in [2.75, 3.05) is 6.54 Å². The molecule has 17 heavy (non-hydrogen) atoms. The van der Waals surface area contributed by atoms with Crippen molar-refractivity contribution in [2.45, 2.75) is 25.3 Å². The van der Waals surface area contributed by atoms with Crippen molar-refractivity contribution >= 4 is 22.6 Å². The Bertz CT molecular complexity index is 567. The molecule has 0 radical (unpaired) electrons. The molecule has 1 unspecified atom stereocenters. The van der Waals surface area contributed by atoms with Gasteiger partial charge in [0.15, 0.2) is 0 Å². The van der Waals surface area contributed by atoms with E-state index in [9.17, 15) is 0 Å². The highest BCUT2D eigenvalue weighted by atomic mass is 35.5. The third-order valence-corrected chi connectivity index (χ3v) is 3.94. The van der Waals surface area contributed by atoms with Gasteiger partial charge in [0.05, 0.1) is 16.6 Å². The number of nitrogens with one attached hydrogen (secondary N) is 1. The fraction of sp³-hybridized carbons (Fsp3) is 0.462. The van der Waals surface area contributed by atoms with Crippen molar-refractivity contribution in [3.63, 3.8) is 0 Å². The summed E-state index contributed by atoms with van der Waals surface area (Å²) in [6, 6.07) is 5.88. The maximum absolute atomic E-state index is 6.01. The number of benzene rings is 1. The van der Waals surface area contributed by atoms with Crippen LogP contribution in [-0.2, 0) is 12.6 Å². The molecule has 3 nitrogen and oxygen atoms in total. The van der Waals surface area contributed by atoms with Crippen molar-refractivity contribution in [3.8, 4) is 0 Å². The van der Waals surface area contributed by atoms with Gasteiger partial charge in [0.2, 0.25) is 0 Å². The van der Waals surface area contributed by atoms with Gasteiger partial charge in [0.25, 0.3) is 0 Å². The Morgan fingerprint density at radius 1 is 1.47 bits per heavy atom. The Hall–Kier alpha value is -1.06. The van der Waals surface area contributed by atoms with E-state index >= 15 is 0 Å². The standard InChI is InChI=1S/C13H16ClN3/c1-13(6-3-7-15-13)12-16-10-8-9(14)4-5-11(10)17(12)2/h4-5,8,15H,3,6-7H2,1-2H3. The number of imidazole rings is 1. The van der Waals surface area contributed by atoms with Gasteiger partial charge in [-0.05, 0) is 44.5 Å². The van der Waals surface area contributed by atoms with Crippen LogP contribution in [0.4, 0.5) is 0 Å². The number of hydrogen-bond acceptors (Lipinski definition) is 2. The molecule has 0 bridgehead atoms. The predicted octanol–water partition coefficient (Wildman–Crippen LogP) is 2.83. The fourth-order valence-corrected chi connectivity index (χ4v) is 2.92. The summed E-state index contributed by atoms with van der Waals surface area (Å²) in [6.45, 7) is 3.29. The van der Waals surface area contributed by atoms with Crippen LogP contribution in [0.2, 0.25) is 5.02 Å². The lowest BCUT2D eigenvalue weighted by Crippen LogP contribution is -2.35. The molecule has 4 heteroatoms. The van der Waals surface area contributed by atoms with Gasteiger partial charge in [-0.15, -0.1) is 0 Å². The highest BCUT2D eigenvalue weighted by Gasteiger charge is 2.34. The maximum Gasteiger partial charge on any atom is 0.129 e. The van der Waals surface area contributed by atoms with E-state index in [1.165, 1.54) is 6.42 Å². The SMILES string of the molecule is Cn1c(C2(C)CCCN2)nc2cc(Cl)ccc21. The van der Waals surface area contributed by atoms with Gasteiger partial charge >= 0.3 is 0 Å². The average molecular weight is 250 g/mol. The molecule has 2 aromatic rings. The summed E-state index contributed by atoms with van der Waals surface area (Å²) < 4.78 is 2.17. The number of fused-ring (bicyclic) bond motifs is 1. The van der Waals surface area contributed by atoms with Crippen LogP contribution in [0.3, 0.4) is 0 Å². The first-order valence-corrected chi connectivity index (χ1v) is 6.35. The molecule has 1 aromatic carbocycles. The number of aryl methyl sites for hydroxylation is 1. The third kappa shape index (κ3) is 1.65. The molecule has 1 N–H and O–H groups in total. The fourth-order valence-electron chi connectivity index (χ4n) is 2.75. The molecule has 1 saturated heterocycles. The second kappa shape index (κ2) is 3.72. The van der Waals surface area contributed by atoms with Gasteiger partial charge in [0.1, 0.15) is 5.82 Å². The van der Waals surface area contributed by atoms with Crippen LogP contribution in [0.1, 0.15) is 25.6 Å². The zero-order valence-electron chi connectivity index (χ0n) is 10.1. The molecule has 0 spiro atoms. The molecule has 1 aliphatic rings. The first kappa shape index (κ1) is 11.1. The quantitative estimate of drug-likeness (QED) is 0.842. The summed E-state index contributed by atoms with van der Waals surface area (Å²) in [5.74, 6) is 1.10. The van der Waals surface area contributed by atoms with Gasteiger partial charge in [-0.2, -0.15) is 0 Å². The van der Waals surface area contributed by atoms with Crippen LogP contribution in [0, 0.1) is 0 Å². The number of rotatable bonds is 1. The first-order chi connectivity index (χ1) is 8.10. The van der Waals surface area contributed by atoms with E-state index in [-0.39, 0.29) is 5.54 Å². The zero-order valence-corrected chi connectivity index (χ0v) is 10.9. The second-order valence-electron chi connectivity index (χ2n) is 4.99. The van der Waals surface area contributed by atoms with Crippen LogP contribution in [0.5, 0.6) is 0 Å². The lowest BCUT2D eigenvalue weighted by Gasteiger charge is -2.23. The first-order valence-electron chi connectivity index (χ1n) is 5.98. The van der Waals surface area contributed by atoms with E-state index in [4.69, 9.17) is 16.6 Å². The summed E-state index contributed by atoms with van der Waals surface area (Å²) in [7, 11) is 2.07. The second-order valence-corrected chi connectivity index (χ2v) is 5.43. The summed E-state index contributed by atoms with van der Waals surface area (Å²) in [4.78, 5) is 4.74. The maximum atomic E-state index is 6.01. The van der Waals surface area contributed by atoms with Crippen LogP contribution >= 0.6 is 11.6 Å². The molecular formula is C13H16ClN3. The van der Waals surface area contributed by atoms with E-state index in [1.807, 2.05) is 18.2 Å². The van der Waals surface area contributed by atoms with E-state index < -0.39 is 0 Å². The normalized spacial score (nSPS) is 24.6. The molecule has 3 rings (SSSR count). The van der Waals surface area contributed by atoms with E-state index in [0.717, 1.165) is 34.8 Å². The summed E-state index contributed by atoms with van der Waals surface area (Å²) in [5, 5.41) is 4.29. The van der Waals surface area contributed by atoms with Crippen LogP contribution in [0.25, 0.3) is 11.0 Å². The van der Waals surface area contributed by atoms with Crippen molar-refractivity contribution in [2.24, 2.45) is 7.05 Å². The number of aromatic nitrogens is 2. The van der Waals surface area contributed by atoms with E-state index in [2.05, 4.69) is 23.9 Å². The Balaban J connectivity index is 2.20. The molecule has 90 valence electrons. The molecule has 1 atom stereocenters. The van der Waals surface area contributed by atoms with Gasteiger partial charge in [-0.25, -0.2) is 4.98 Å². The molecule has 0 saturated carbocycles. The molecule has 1 aliphatic heterocycles. The number of nitrogens with zero attached hydrogens (tertiary/aromatic N) is 2. The summed E-state index contributed by atoms with van der Waals surface area (Å²) >= 11 is 6.01. The largest absolute Gasteiger partial charge is 0.330 e. The summed E-state index contributed by atoms with van der Waals surface area (Å²) in [5.41, 5.74) is 2.12. The smallest absolute Gasteiger partial charge is 0.129 e. The number of halogens is 1. The molecule has 0 amide bonds.